The fraction of sp³-hybridized carbons (Fsp3) is 0.700. The van der Waals surface area contributed by atoms with Gasteiger partial charge in [-0.25, -0.2) is 4.79 Å². The topological polar surface area (TPSA) is 61.3 Å². The van der Waals surface area contributed by atoms with E-state index >= 15 is 0 Å². The molecule has 0 aromatic carbocycles. The van der Waals surface area contributed by atoms with Gasteiger partial charge in [0.1, 0.15) is 6.10 Å². The van der Waals surface area contributed by atoms with Crippen LogP contribution in [-0.2, 0) is 4.74 Å². The highest BCUT2D eigenvalue weighted by Crippen LogP contribution is 2.21. The van der Waals surface area contributed by atoms with Gasteiger partial charge in [0.05, 0.1) is 6.61 Å². The Morgan fingerprint density at radius 1 is 1.38 bits per heavy atom. The Morgan fingerprint density at radius 2 is 2.06 bits per heavy atom. The van der Waals surface area contributed by atoms with Gasteiger partial charge in [0, 0.05) is 0 Å². The molecule has 1 atom stereocenters. The molecule has 1 unspecified atom stereocenters. The first kappa shape index (κ1) is 12.9. The van der Waals surface area contributed by atoms with E-state index in [1.807, 2.05) is 6.92 Å². The summed E-state index contributed by atoms with van der Waals surface area (Å²) in [4.78, 5) is 11.3. The van der Waals surface area contributed by atoms with Gasteiger partial charge in [-0.05, 0) is 31.1 Å². The fourth-order valence-electron chi connectivity index (χ4n) is 0.828. The van der Waals surface area contributed by atoms with E-state index in [0.717, 1.165) is 11.3 Å². The average molecular weight is 244 g/mol. The van der Waals surface area contributed by atoms with E-state index in [2.05, 4.69) is 24.0 Å². The van der Waals surface area contributed by atoms with Crippen molar-refractivity contribution in [2.45, 2.75) is 33.8 Å². The molecular weight excluding hydrogens is 228 g/mol. The second-order valence-electron chi connectivity index (χ2n) is 3.66. The van der Waals surface area contributed by atoms with Crippen LogP contribution in [0.1, 0.15) is 37.5 Å². The Hall–Kier alpha value is -1.17. The van der Waals surface area contributed by atoms with E-state index in [9.17, 15) is 4.79 Å². The monoisotopic (exact) mass is 244 g/mol. The van der Waals surface area contributed by atoms with Crippen molar-refractivity contribution in [2.24, 2.45) is 5.92 Å². The quantitative estimate of drug-likeness (QED) is 0.742. The molecular formula is C10H16N2O3S. The lowest BCUT2D eigenvalue weighted by Gasteiger charge is -2.14. The number of nitrogens with zero attached hydrogens (tertiary/aromatic N) is 2. The highest BCUT2D eigenvalue weighted by molar-refractivity contribution is 7.14. The summed E-state index contributed by atoms with van der Waals surface area (Å²) in [7, 11) is 0. The lowest BCUT2D eigenvalue weighted by molar-refractivity contribution is 0.0525. The Balaban J connectivity index is 2.61. The highest BCUT2D eigenvalue weighted by atomic mass is 32.1. The Labute approximate surface area is 98.8 Å². The van der Waals surface area contributed by atoms with Crippen LogP contribution in [0.2, 0.25) is 0 Å². The maximum absolute atomic E-state index is 11.3. The average Bonchev–Trinajstić information content (AvgIpc) is 2.66. The molecule has 0 spiro atoms. The lowest BCUT2D eigenvalue weighted by atomic mass is 10.1. The molecule has 5 nitrogen and oxygen atoms in total. The van der Waals surface area contributed by atoms with Crippen molar-refractivity contribution < 1.29 is 14.3 Å². The predicted octanol–water partition coefficient (Wildman–Crippen LogP) is 2.14. The van der Waals surface area contributed by atoms with Crippen LogP contribution in [0.4, 0.5) is 0 Å². The fourth-order valence-corrected chi connectivity index (χ4v) is 1.50. The number of aromatic nitrogens is 2. The van der Waals surface area contributed by atoms with Gasteiger partial charge in [-0.3, -0.25) is 0 Å². The van der Waals surface area contributed by atoms with E-state index in [1.54, 1.807) is 6.92 Å². The van der Waals surface area contributed by atoms with Crippen molar-refractivity contribution in [2.75, 3.05) is 6.61 Å². The summed E-state index contributed by atoms with van der Waals surface area (Å²) in [5.74, 6) is -0.0676. The minimum Gasteiger partial charge on any atom is -0.466 e. The molecule has 0 fully saturated rings. The smallest absolute Gasteiger partial charge is 0.369 e. The van der Waals surface area contributed by atoms with E-state index in [1.165, 1.54) is 0 Å². The van der Waals surface area contributed by atoms with Crippen LogP contribution < -0.4 is 4.74 Å². The van der Waals surface area contributed by atoms with Crippen molar-refractivity contribution in [1.29, 1.82) is 0 Å². The molecule has 0 aliphatic carbocycles. The first-order valence-electron chi connectivity index (χ1n) is 5.21. The van der Waals surface area contributed by atoms with Gasteiger partial charge in [-0.1, -0.05) is 18.9 Å². The minimum atomic E-state index is -0.452. The molecule has 90 valence electrons. The van der Waals surface area contributed by atoms with Gasteiger partial charge in [0.25, 0.3) is 5.19 Å². The maximum Gasteiger partial charge on any atom is 0.369 e. The van der Waals surface area contributed by atoms with Crippen LogP contribution in [0.25, 0.3) is 0 Å². The zero-order chi connectivity index (χ0) is 12.1. The van der Waals surface area contributed by atoms with Crippen LogP contribution in [0, 0.1) is 5.92 Å². The van der Waals surface area contributed by atoms with E-state index in [0.29, 0.717) is 17.7 Å². The summed E-state index contributed by atoms with van der Waals surface area (Å²) in [6, 6.07) is 0. The molecule has 0 bridgehead atoms. The molecule has 1 rings (SSSR count). The van der Waals surface area contributed by atoms with Crippen molar-refractivity contribution in [3.63, 3.8) is 0 Å². The van der Waals surface area contributed by atoms with Crippen molar-refractivity contribution in [3.8, 4) is 5.19 Å². The zero-order valence-electron chi connectivity index (χ0n) is 9.89. The number of hydrogen-bond acceptors (Lipinski definition) is 6. The third-order valence-electron chi connectivity index (χ3n) is 2.08. The summed E-state index contributed by atoms with van der Waals surface area (Å²) in [5, 5.41) is 8.14. The second-order valence-corrected chi connectivity index (χ2v) is 4.60. The lowest BCUT2D eigenvalue weighted by Crippen LogP contribution is -2.18. The number of hydrogen-bond donors (Lipinski definition) is 0. The molecule has 1 aromatic rings. The molecule has 0 saturated carbocycles. The van der Waals surface area contributed by atoms with Crippen LogP contribution in [-0.4, -0.2) is 28.9 Å². The van der Waals surface area contributed by atoms with Gasteiger partial charge in [-0.2, -0.15) is 0 Å². The van der Waals surface area contributed by atoms with Crippen LogP contribution in [0.3, 0.4) is 0 Å². The predicted molar refractivity (Wildman–Crippen MR) is 60.8 cm³/mol. The van der Waals surface area contributed by atoms with E-state index < -0.39 is 5.97 Å². The van der Waals surface area contributed by atoms with Gasteiger partial charge < -0.3 is 9.47 Å². The molecule has 0 aliphatic rings. The molecule has 1 heterocycles. The van der Waals surface area contributed by atoms with Crippen LogP contribution in [0.15, 0.2) is 0 Å². The third-order valence-corrected chi connectivity index (χ3v) is 2.88. The van der Waals surface area contributed by atoms with Crippen LogP contribution in [0.5, 0.6) is 5.19 Å². The number of ether oxygens (including phenoxy) is 2. The molecule has 0 radical (unpaired) electrons. The molecule has 1 aromatic heterocycles. The molecule has 0 N–H and O–H groups in total. The normalized spacial score (nSPS) is 12.6. The Bertz CT molecular complexity index is 352. The summed E-state index contributed by atoms with van der Waals surface area (Å²) >= 11 is 1.11. The first-order valence-corrected chi connectivity index (χ1v) is 6.03. The Kier molecular flexibility index (Phi) is 4.67. The van der Waals surface area contributed by atoms with Gasteiger partial charge >= 0.3 is 5.97 Å². The number of rotatable bonds is 5. The van der Waals surface area contributed by atoms with E-state index in [4.69, 9.17) is 9.47 Å². The molecule has 0 amide bonds. The maximum atomic E-state index is 11.3. The summed E-state index contributed by atoms with van der Waals surface area (Å²) in [6.07, 6.45) is 0.0444. The highest BCUT2D eigenvalue weighted by Gasteiger charge is 2.17. The van der Waals surface area contributed by atoms with Crippen molar-refractivity contribution in [1.82, 2.24) is 10.2 Å². The van der Waals surface area contributed by atoms with Gasteiger partial charge in [-0.15, -0.1) is 5.10 Å². The van der Waals surface area contributed by atoms with Crippen molar-refractivity contribution in [3.05, 3.63) is 5.01 Å². The van der Waals surface area contributed by atoms with Gasteiger partial charge in [0.2, 0.25) is 5.01 Å². The third kappa shape index (κ3) is 3.44. The van der Waals surface area contributed by atoms with Crippen LogP contribution >= 0.6 is 11.3 Å². The summed E-state index contributed by atoms with van der Waals surface area (Å²) in [5.41, 5.74) is 0. The van der Waals surface area contributed by atoms with Gasteiger partial charge in [0.15, 0.2) is 0 Å². The molecule has 0 saturated heterocycles. The SMILES string of the molecule is CCOC(=O)c1nnc(OC(C)C(C)C)s1. The van der Waals surface area contributed by atoms with Crippen molar-refractivity contribution >= 4 is 17.3 Å². The standard InChI is InChI=1S/C10H16N2O3S/c1-5-14-9(13)8-11-12-10(16-8)15-7(4)6(2)3/h6-7H,5H2,1-4H3. The molecule has 6 heteroatoms. The summed E-state index contributed by atoms with van der Waals surface area (Å²) in [6.45, 7) is 8.14. The number of carbonyl (C=O) groups is 1. The molecule has 0 aliphatic heterocycles. The minimum absolute atomic E-state index is 0.0444. The summed E-state index contributed by atoms with van der Waals surface area (Å²) < 4.78 is 10.3. The molecule has 16 heavy (non-hydrogen) atoms. The number of carbonyl (C=O) groups excluding carboxylic acids is 1. The zero-order valence-corrected chi connectivity index (χ0v) is 10.7. The number of esters is 1. The Morgan fingerprint density at radius 3 is 2.62 bits per heavy atom. The van der Waals surface area contributed by atoms with E-state index in [-0.39, 0.29) is 11.1 Å². The second kappa shape index (κ2) is 5.79. The largest absolute Gasteiger partial charge is 0.466 e. The first-order chi connectivity index (χ1) is 7.54.